The first-order valence-electron chi connectivity index (χ1n) is 7.74. The standard InChI is InChI=1S/C14H29NO3SSi2/c1-20(2,3)13-11-12(15-7-9-18-10-8-15)14(19(13,16)17)21(4,5)6/h11-12,14H,7-10H2,1-6H3. The zero-order valence-electron chi connectivity index (χ0n) is 14.1. The number of nitrogens with zero attached hydrogens (tertiary/aromatic N) is 1. The summed E-state index contributed by atoms with van der Waals surface area (Å²) in [6.45, 7) is 16.1. The van der Waals surface area contributed by atoms with Crippen LogP contribution in [0.1, 0.15) is 0 Å². The summed E-state index contributed by atoms with van der Waals surface area (Å²) in [7, 11) is -6.82. The summed E-state index contributed by atoms with van der Waals surface area (Å²) < 4.78 is 32.6. The Bertz CT molecular complexity index is 525. The molecule has 2 atom stereocenters. The van der Waals surface area contributed by atoms with E-state index in [4.69, 9.17) is 4.74 Å². The molecule has 2 rings (SSSR count). The lowest BCUT2D eigenvalue weighted by molar-refractivity contribution is 0.0278. The van der Waals surface area contributed by atoms with Gasteiger partial charge in [-0.3, -0.25) is 4.90 Å². The highest BCUT2D eigenvalue weighted by Gasteiger charge is 2.53. The summed E-state index contributed by atoms with van der Waals surface area (Å²) >= 11 is 0. The Balaban J connectivity index is 2.47. The lowest BCUT2D eigenvalue weighted by Gasteiger charge is -2.38. The van der Waals surface area contributed by atoms with Gasteiger partial charge >= 0.3 is 0 Å². The lowest BCUT2D eigenvalue weighted by Crippen LogP contribution is -2.56. The van der Waals surface area contributed by atoms with Gasteiger partial charge in [-0.25, -0.2) is 8.42 Å². The Labute approximate surface area is 131 Å². The maximum Gasteiger partial charge on any atom is 0.172 e. The number of hydrogen-bond acceptors (Lipinski definition) is 4. The molecule has 0 aromatic rings. The summed E-state index contributed by atoms with van der Waals surface area (Å²) in [4.78, 5) is 2.13. The molecular formula is C14H29NO3SSi2. The predicted octanol–water partition coefficient (Wildman–Crippen LogP) is 2.12. The predicted molar refractivity (Wildman–Crippen MR) is 93.7 cm³/mol. The van der Waals surface area contributed by atoms with Crippen LogP contribution >= 0.6 is 0 Å². The summed E-state index contributed by atoms with van der Waals surface area (Å²) in [5.41, 5.74) is 0. The zero-order chi connectivity index (χ0) is 16.1. The van der Waals surface area contributed by atoms with Gasteiger partial charge in [0, 0.05) is 23.7 Å². The molecule has 21 heavy (non-hydrogen) atoms. The summed E-state index contributed by atoms with van der Waals surface area (Å²) in [6.07, 6.45) is 2.11. The average Bonchev–Trinajstić information content (AvgIpc) is 2.61. The van der Waals surface area contributed by atoms with Gasteiger partial charge in [0.25, 0.3) is 0 Å². The molecule has 1 fully saturated rings. The molecule has 2 aliphatic rings. The van der Waals surface area contributed by atoms with Crippen LogP contribution in [0.15, 0.2) is 10.6 Å². The van der Waals surface area contributed by atoms with Crippen molar-refractivity contribution in [2.45, 2.75) is 50.2 Å². The monoisotopic (exact) mass is 347 g/mol. The van der Waals surface area contributed by atoms with Crippen LogP contribution in [0.4, 0.5) is 0 Å². The van der Waals surface area contributed by atoms with Gasteiger partial charge in [0.1, 0.15) is 0 Å². The van der Waals surface area contributed by atoms with Gasteiger partial charge in [-0.2, -0.15) is 0 Å². The van der Waals surface area contributed by atoms with Crippen LogP contribution in [0.3, 0.4) is 0 Å². The number of rotatable bonds is 3. The van der Waals surface area contributed by atoms with Gasteiger partial charge in [-0.1, -0.05) is 45.4 Å². The van der Waals surface area contributed by atoms with E-state index in [0.29, 0.717) is 13.2 Å². The van der Waals surface area contributed by atoms with Crippen LogP contribution in [0.25, 0.3) is 0 Å². The topological polar surface area (TPSA) is 46.6 Å². The van der Waals surface area contributed by atoms with E-state index >= 15 is 0 Å². The van der Waals surface area contributed by atoms with Crippen LogP contribution < -0.4 is 0 Å². The molecule has 2 heterocycles. The molecule has 0 bridgehead atoms. The van der Waals surface area contributed by atoms with Crippen molar-refractivity contribution in [2.75, 3.05) is 26.3 Å². The van der Waals surface area contributed by atoms with Gasteiger partial charge in [0.15, 0.2) is 9.84 Å². The first-order chi connectivity index (χ1) is 9.45. The quantitative estimate of drug-likeness (QED) is 0.734. The largest absolute Gasteiger partial charge is 0.379 e. The van der Waals surface area contributed by atoms with Gasteiger partial charge in [0.05, 0.1) is 34.2 Å². The van der Waals surface area contributed by atoms with Crippen LogP contribution in [0, 0.1) is 0 Å². The van der Waals surface area contributed by atoms with E-state index in [1.807, 2.05) is 0 Å². The van der Waals surface area contributed by atoms with E-state index in [1.165, 1.54) is 0 Å². The fourth-order valence-corrected chi connectivity index (χ4v) is 15.0. The molecule has 0 aromatic carbocycles. The highest BCUT2D eigenvalue weighted by molar-refractivity contribution is 8.00. The molecule has 7 heteroatoms. The van der Waals surface area contributed by atoms with Gasteiger partial charge in [0.2, 0.25) is 0 Å². The molecule has 0 spiro atoms. The van der Waals surface area contributed by atoms with Crippen molar-refractivity contribution in [3.05, 3.63) is 10.6 Å². The Hall–Kier alpha value is 0.0438. The third-order valence-electron chi connectivity index (χ3n) is 4.33. The summed E-state index contributed by atoms with van der Waals surface area (Å²) in [5, 5.41) is 0. The molecule has 0 aromatic heterocycles. The van der Waals surface area contributed by atoms with Crippen molar-refractivity contribution >= 4 is 26.0 Å². The van der Waals surface area contributed by atoms with Gasteiger partial charge in [-0.15, -0.1) is 0 Å². The molecular weight excluding hydrogens is 318 g/mol. The van der Waals surface area contributed by atoms with E-state index in [9.17, 15) is 8.42 Å². The first-order valence-corrected chi connectivity index (χ1v) is 16.4. The molecule has 1 saturated heterocycles. The highest BCUT2D eigenvalue weighted by Crippen LogP contribution is 2.39. The minimum Gasteiger partial charge on any atom is -0.379 e. The van der Waals surface area contributed by atoms with Crippen molar-refractivity contribution in [3.63, 3.8) is 0 Å². The maximum atomic E-state index is 13.2. The normalized spacial score (nSPS) is 31.2. The summed E-state index contributed by atoms with van der Waals surface area (Å²) in [5.74, 6) is 0. The molecule has 0 N–H and O–H groups in total. The lowest BCUT2D eigenvalue weighted by atomic mass is 10.2. The Morgan fingerprint density at radius 2 is 1.62 bits per heavy atom. The van der Waals surface area contributed by atoms with E-state index in [0.717, 1.165) is 17.6 Å². The Kier molecular flexibility index (Phi) is 4.64. The molecule has 4 nitrogen and oxygen atoms in total. The van der Waals surface area contributed by atoms with Gasteiger partial charge < -0.3 is 4.74 Å². The second-order valence-electron chi connectivity index (χ2n) is 8.25. The third kappa shape index (κ3) is 3.36. The smallest absolute Gasteiger partial charge is 0.172 e. The van der Waals surface area contributed by atoms with Crippen molar-refractivity contribution in [3.8, 4) is 0 Å². The van der Waals surface area contributed by atoms with E-state index in [1.54, 1.807) is 0 Å². The Morgan fingerprint density at radius 3 is 2.05 bits per heavy atom. The highest BCUT2D eigenvalue weighted by atomic mass is 32.2. The third-order valence-corrected chi connectivity index (χ3v) is 15.5. The maximum absolute atomic E-state index is 13.2. The van der Waals surface area contributed by atoms with Crippen LogP contribution in [0.2, 0.25) is 39.3 Å². The molecule has 0 saturated carbocycles. The molecule has 0 aliphatic carbocycles. The minimum atomic E-state index is -3.14. The van der Waals surface area contributed by atoms with Crippen molar-refractivity contribution < 1.29 is 13.2 Å². The van der Waals surface area contributed by atoms with Crippen molar-refractivity contribution in [1.82, 2.24) is 4.90 Å². The summed E-state index contributed by atoms with van der Waals surface area (Å²) in [6, 6.07) is 0.0623. The molecule has 0 amide bonds. The van der Waals surface area contributed by atoms with Crippen LogP contribution in [-0.2, 0) is 14.6 Å². The van der Waals surface area contributed by atoms with Crippen molar-refractivity contribution in [2.24, 2.45) is 0 Å². The first kappa shape index (κ1) is 17.4. The zero-order valence-corrected chi connectivity index (χ0v) is 17.0. The van der Waals surface area contributed by atoms with Crippen LogP contribution in [0.5, 0.6) is 0 Å². The van der Waals surface area contributed by atoms with E-state index in [2.05, 4.69) is 50.3 Å². The number of ether oxygens (including phenoxy) is 1. The fourth-order valence-electron chi connectivity index (χ4n) is 3.48. The number of sulfone groups is 1. The molecule has 122 valence electrons. The van der Waals surface area contributed by atoms with E-state index in [-0.39, 0.29) is 10.9 Å². The second kappa shape index (κ2) is 5.60. The van der Waals surface area contributed by atoms with Crippen molar-refractivity contribution in [1.29, 1.82) is 0 Å². The fraction of sp³-hybridized carbons (Fsp3) is 0.857. The Morgan fingerprint density at radius 1 is 1.10 bits per heavy atom. The minimum absolute atomic E-state index is 0.0623. The average molecular weight is 348 g/mol. The second-order valence-corrected chi connectivity index (χ2v) is 21.5. The van der Waals surface area contributed by atoms with E-state index < -0.39 is 26.0 Å². The molecule has 2 unspecified atom stereocenters. The van der Waals surface area contributed by atoms with Crippen LogP contribution in [-0.4, -0.2) is 66.7 Å². The SMILES string of the molecule is C[Si](C)(C)C1=CC(N2CCOCC2)C([Si](C)(C)C)S1(=O)=O. The van der Waals surface area contributed by atoms with Gasteiger partial charge in [-0.05, 0) is 0 Å². The molecule has 2 aliphatic heterocycles. The molecule has 0 radical (unpaired) electrons. The number of hydrogen-bond donors (Lipinski definition) is 0. The number of morpholine rings is 1.